The molecule has 1 atom stereocenters. The monoisotopic (exact) mass is 447 g/mol. The quantitative estimate of drug-likeness (QED) is 0.432. The van der Waals surface area contributed by atoms with E-state index in [4.69, 9.17) is 9.47 Å². The fraction of sp³-hybridized carbons (Fsp3) is 0.160. The van der Waals surface area contributed by atoms with Gasteiger partial charge in [0.05, 0.1) is 0 Å². The van der Waals surface area contributed by atoms with Gasteiger partial charge in [0.1, 0.15) is 18.0 Å². The van der Waals surface area contributed by atoms with E-state index in [0.29, 0.717) is 23.7 Å². The lowest BCUT2D eigenvalue weighted by atomic mass is 10.2. The van der Waals surface area contributed by atoms with Crippen LogP contribution in [0.4, 0.5) is 10.5 Å². The zero-order valence-electron chi connectivity index (χ0n) is 18.1. The molecule has 33 heavy (non-hydrogen) atoms. The van der Waals surface area contributed by atoms with Crippen LogP contribution in [-0.4, -0.2) is 30.6 Å². The Labute approximate surface area is 191 Å². The van der Waals surface area contributed by atoms with Crippen molar-refractivity contribution in [2.75, 3.05) is 11.9 Å². The summed E-state index contributed by atoms with van der Waals surface area (Å²) in [5, 5.41) is 7.71. The molecule has 0 saturated heterocycles. The summed E-state index contributed by atoms with van der Waals surface area (Å²) in [6.07, 6.45) is -1.04. The number of para-hydroxylation sites is 1. The number of hydrogen-bond acceptors (Lipinski definition) is 5. The SMILES string of the molecule is CC(OC(=O)CNC(=O)NCc1ccccc1)C(=O)Nc1ccc(Oc2ccccc2)cc1. The highest BCUT2D eigenvalue weighted by Crippen LogP contribution is 2.22. The van der Waals surface area contributed by atoms with E-state index in [1.807, 2.05) is 60.7 Å². The standard InChI is InChI=1S/C25H25N3O5/c1-18(32-23(29)17-27-25(31)26-16-19-8-4-2-5-9-19)24(30)28-20-12-14-22(15-13-20)33-21-10-6-3-7-11-21/h2-15,18H,16-17H2,1H3,(H,28,30)(H2,26,27,31). The third-order valence-corrected chi connectivity index (χ3v) is 4.47. The number of benzene rings is 3. The van der Waals surface area contributed by atoms with Gasteiger partial charge in [-0.25, -0.2) is 4.79 Å². The maximum absolute atomic E-state index is 12.3. The molecule has 8 heteroatoms. The minimum atomic E-state index is -1.04. The van der Waals surface area contributed by atoms with Gasteiger partial charge in [-0.1, -0.05) is 48.5 Å². The number of carbonyl (C=O) groups is 3. The minimum Gasteiger partial charge on any atom is -0.457 e. The van der Waals surface area contributed by atoms with Crippen LogP contribution in [0.3, 0.4) is 0 Å². The lowest BCUT2D eigenvalue weighted by Crippen LogP contribution is -2.40. The summed E-state index contributed by atoms with van der Waals surface area (Å²) in [7, 11) is 0. The minimum absolute atomic E-state index is 0.329. The van der Waals surface area contributed by atoms with Crippen molar-refractivity contribution in [2.24, 2.45) is 0 Å². The first-order valence-corrected chi connectivity index (χ1v) is 10.4. The van der Waals surface area contributed by atoms with E-state index < -0.39 is 24.0 Å². The summed E-state index contributed by atoms with van der Waals surface area (Å²) in [4.78, 5) is 36.1. The number of rotatable bonds is 9. The molecule has 3 aromatic rings. The number of hydrogen-bond donors (Lipinski definition) is 3. The van der Waals surface area contributed by atoms with Crippen LogP contribution in [0, 0.1) is 0 Å². The second-order valence-corrected chi connectivity index (χ2v) is 7.08. The Kier molecular flexibility index (Phi) is 8.41. The summed E-state index contributed by atoms with van der Waals surface area (Å²) < 4.78 is 10.8. The molecule has 8 nitrogen and oxygen atoms in total. The predicted molar refractivity (Wildman–Crippen MR) is 124 cm³/mol. The Hall–Kier alpha value is -4.33. The number of esters is 1. The predicted octanol–water partition coefficient (Wildman–Crippen LogP) is 3.85. The number of amides is 3. The molecular weight excluding hydrogens is 422 g/mol. The highest BCUT2D eigenvalue weighted by Gasteiger charge is 2.18. The van der Waals surface area contributed by atoms with Gasteiger partial charge in [0.25, 0.3) is 5.91 Å². The molecule has 3 N–H and O–H groups in total. The molecule has 3 rings (SSSR count). The topological polar surface area (TPSA) is 106 Å². The Morgan fingerprint density at radius 2 is 1.39 bits per heavy atom. The second kappa shape index (κ2) is 11.9. The van der Waals surface area contributed by atoms with E-state index in [1.165, 1.54) is 6.92 Å². The number of anilines is 1. The lowest BCUT2D eigenvalue weighted by Gasteiger charge is -2.14. The van der Waals surface area contributed by atoms with Gasteiger partial charge in [-0.05, 0) is 48.9 Å². The maximum atomic E-state index is 12.3. The summed E-state index contributed by atoms with van der Waals surface area (Å²) in [6.45, 7) is 1.43. The summed E-state index contributed by atoms with van der Waals surface area (Å²) >= 11 is 0. The highest BCUT2D eigenvalue weighted by atomic mass is 16.5. The molecule has 3 amide bonds. The van der Waals surface area contributed by atoms with Crippen LogP contribution in [0.2, 0.25) is 0 Å². The van der Waals surface area contributed by atoms with E-state index in [2.05, 4.69) is 16.0 Å². The second-order valence-electron chi connectivity index (χ2n) is 7.08. The van der Waals surface area contributed by atoms with Crippen LogP contribution in [0.15, 0.2) is 84.9 Å². The van der Waals surface area contributed by atoms with Crippen molar-refractivity contribution in [2.45, 2.75) is 19.6 Å². The van der Waals surface area contributed by atoms with Crippen LogP contribution in [-0.2, 0) is 20.9 Å². The van der Waals surface area contributed by atoms with Crippen molar-refractivity contribution >= 4 is 23.6 Å². The number of carbonyl (C=O) groups excluding carboxylic acids is 3. The van der Waals surface area contributed by atoms with E-state index >= 15 is 0 Å². The molecule has 0 fully saturated rings. The van der Waals surface area contributed by atoms with E-state index in [0.717, 1.165) is 5.56 Å². The smallest absolute Gasteiger partial charge is 0.326 e. The van der Waals surface area contributed by atoms with Gasteiger partial charge in [0.2, 0.25) is 0 Å². The molecule has 170 valence electrons. The Bertz CT molecular complexity index is 1060. The average molecular weight is 447 g/mol. The van der Waals surface area contributed by atoms with E-state index in [1.54, 1.807) is 24.3 Å². The molecule has 1 unspecified atom stereocenters. The molecule has 0 aliphatic heterocycles. The number of nitrogens with one attached hydrogen (secondary N) is 3. The van der Waals surface area contributed by atoms with Crippen molar-refractivity contribution in [1.82, 2.24) is 10.6 Å². The molecule has 0 aromatic heterocycles. The van der Waals surface area contributed by atoms with Crippen molar-refractivity contribution in [3.05, 3.63) is 90.5 Å². The summed E-state index contributed by atoms with van der Waals surface area (Å²) in [5.74, 6) is 0.111. The Morgan fingerprint density at radius 3 is 2.06 bits per heavy atom. The van der Waals surface area contributed by atoms with Gasteiger partial charge in [-0.15, -0.1) is 0 Å². The number of ether oxygens (including phenoxy) is 2. The molecule has 0 radical (unpaired) electrons. The van der Waals surface area contributed by atoms with E-state index in [-0.39, 0.29) is 6.54 Å². The summed E-state index contributed by atoms with van der Waals surface area (Å²) in [6, 6.07) is 25.0. The lowest BCUT2D eigenvalue weighted by molar-refractivity contribution is -0.152. The van der Waals surface area contributed by atoms with Crippen LogP contribution in [0.5, 0.6) is 11.5 Å². The fourth-order valence-electron chi connectivity index (χ4n) is 2.76. The maximum Gasteiger partial charge on any atom is 0.326 e. The first kappa shape index (κ1) is 23.3. The average Bonchev–Trinajstić information content (AvgIpc) is 2.84. The van der Waals surface area contributed by atoms with Gasteiger partial charge >= 0.3 is 12.0 Å². The van der Waals surface area contributed by atoms with Crippen LogP contribution < -0.4 is 20.7 Å². The fourth-order valence-corrected chi connectivity index (χ4v) is 2.76. The Morgan fingerprint density at radius 1 is 0.788 bits per heavy atom. The van der Waals surface area contributed by atoms with Gasteiger partial charge in [0.15, 0.2) is 6.10 Å². The summed E-state index contributed by atoms with van der Waals surface area (Å²) in [5.41, 5.74) is 1.46. The third-order valence-electron chi connectivity index (χ3n) is 4.47. The van der Waals surface area contributed by atoms with Gasteiger partial charge in [0, 0.05) is 12.2 Å². The van der Waals surface area contributed by atoms with Gasteiger partial charge in [-0.3, -0.25) is 9.59 Å². The number of urea groups is 1. The van der Waals surface area contributed by atoms with Gasteiger partial charge < -0.3 is 25.4 Å². The highest BCUT2D eigenvalue weighted by molar-refractivity contribution is 5.95. The first-order chi connectivity index (χ1) is 16.0. The molecule has 0 heterocycles. The van der Waals surface area contributed by atoms with E-state index in [9.17, 15) is 14.4 Å². The zero-order valence-corrected chi connectivity index (χ0v) is 18.1. The van der Waals surface area contributed by atoms with Crippen molar-refractivity contribution in [1.29, 1.82) is 0 Å². The zero-order chi connectivity index (χ0) is 23.5. The molecule has 0 bridgehead atoms. The van der Waals surface area contributed by atoms with Crippen molar-refractivity contribution < 1.29 is 23.9 Å². The third kappa shape index (κ3) is 8.02. The largest absolute Gasteiger partial charge is 0.457 e. The molecule has 0 aliphatic carbocycles. The van der Waals surface area contributed by atoms with Crippen molar-refractivity contribution in [3.63, 3.8) is 0 Å². The first-order valence-electron chi connectivity index (χ1n) is 10.4. The molecule has 0 saturated carbocycles. The molecular formula is C25H25N3O5. The Balaban J connectivity index is 1.37. The molecule has 0 aliphatic rings. The van der Waals surface area contributed by atoms with Crippen LogP contribution in [0.25, 0.3) is 0 Å². The van der Waals surface area contributed by atoms with Crippen LogP contribution in [0.1, 0.15) is 12.5 Å². The molecule has 3 aromatic carbocycles. The van der Waals surface area contributed by atoms with Gasteiger partial charge in [-0.2, -0.15) is 0 Å². The van der Waals surface area contributed by atoms with Crippen molar-refractivity contribution in [3.8, 4) is 11.5 Å². The van der Waals surface area contributed by atoms with Crippen LogP contribution >= 0.6 is 0 Å². The molecule has 0 spiro atoms. The normalized spacial score (nSPS) is 11.1.